The fourth-order valence-corrected chi connectivity index (χ4v) is 2.33. The average molecular weight is 327 g/mol. The Labute approximate surface area is 94.4 Å². The zero-order valence-electron chi connectivity index (χ0n) is 6.49. The van der Waals surface area contributed by atoms with Gasteiger partial charge in [-0.15, -0.1) is 0 Å². The minimum absolute atomic E-state index is 1.14. The van der Waals surface area contributed by atoms with Crippen LogP contribution in [0.15, 0.2) is 9.37 Å². The van der Waals surface area contributed by atoms with Crippen LogP contribution < -0.4 is 0 Å². The SMILES string of the molecule is O=S(=O)(Cl)c1c(F)c(F)c(F)c(Br)c1F. The number of benzene rings is 1. The van der Waals surface area contributed by atoms with Crippen molar-refractivity contribution in [1.29, 1.82) is 0 Å². The summed E-state index contributed by atoms with van der Waals surface area (Å²) >= 11 is 2.23. The first-order valence-corrected chi connectivity index (χ1v) is 6.24. The maximum Gasteiger partial charge on any atom is 0.267 e. The Morgan fingerprint density at radius 1 is 0.933 bits per heavy atom. The summed E-state index contributed by atoms with van der Waals surface area (Å²) < 4.78 is 71.5. The lowest BCUT2D eigenvalue weighted by Gasteiger charge is -2.05. The van der Waals surface area contributed by atoms with Gasteiger partial charge < -0.3 is 0 Å². The Bertz CT molecular complexity index is 501. The van der Waals surface area contributed by atoms with Crippen LogP contribution >= 0.6 is 26.6 Å². The Morgan fingerprint density at radius 2 is 1.40 bits per heavy atom. The molecule has 1 aromatic carbocycles. The van der Waals surface area contributed by atoms with Crippen LogP contribution in [0.4, 0.5) is 17.6 Å². The van der Waals surface area contributed by atoms with Crippen molar-refractivity contribution in [2.24, 2.45) is 0 Å². The average Bonchev–Trinajstić information content (AvgIpc) is 2.09. The highest BCUT2D eigenvalue weighted by molar-refractivity contribution is 9.10. The summed E-state index contributed by atoms with van der Waals surface area (Å²) in [6.45, 7) is 0. The molecule has 1 aromatic rings. The monoisotopic (exact) mass is 326 g/mol. The number of halogens is 6. The Hall–Kier alpha value is -0.340. The smallest absolute Gasteiger partial charge is 0.207 e. The van der Waals surface area contributed by atoms with Gasteiger partial charge in [0.2, 0.25) is 0 Å². The van der Waals surface area contributed by atoms with Crippen molar-refractivity contribution in [1.82, 2.24) is 0 Å². The van der Waals surface area contributed by atoms with Gasteiger partial charge in [-0.25, -0.2) is 26.0 Å². The molecule has 2 nitrogen and oxygen atoms in total. The molecule has 0 N–H and O–H groups in total. The van der Waals surface area contributed by atoms with Gasteiger partial charge in [-0.3, -0.25) is 0 Å². The highest BCUT2D eigenvalue weighted by Gasteiger charge is 2.30. The molecule has 0 fully saturated rings. The normalized spacial score (nSPS) is 11.9. The Kier molecular flexibility index (Phi) is 3.32. The Balaban J connectivity index is 3.84. The van der Waals surface area contributed by atoms with Crippen molar-refractivity contribution in [2.75, 3.05) is 0 Å². The van der Waals surface area contributed by atoms with E-state index in [1.165, 1.54) is 0 Å². The third kappa shape index (κ3) is 2.11. The molecule has 0 unspecified atom stereocenters. The molecule has 0 bridgehead atoms. The molecule has 0 aliphatic heterocycles. The molecule has 9 heteroatoms. The highest BCUT2D eigenvalue weighted by atomic mass is 79.9. The number of rotatable bonds is 1. The fraction of sp³-hybridized carbons (Fsp3) is 0. The van der Waals surface area contributed by atoms with Crippen molar-refractivity contribution in [3.63, 3.8) is 0 Å². The van der Waals surface area contributed by atoms with Crippen LogP contribution in [0.25, 0.3) is 0 Å². The van der Waals surface area contributed by atoms with Gasteiger partial charge in [-0.1, -0.05) is 0 Å². The van der Waals surface area contributed by atoms with E-state index in [1.54, 1.807) is 0 Å². The van der Waals surface area contributed by atoms with Gasteiger partial charge in [0.25, 0.3) is 9.05 Å². The third-order valence-corrected chi connectivity index (χ3v) is 3.42. The standard InChI is InChI=1S/C6BrClF4O2S/c7-1-2(9)4(11)5(12)6(3(1)10)15(8,13)14. The molecule has 0 saturated carbocycles. The summed E-state index contributed by atoms with van der Waals surface area (Å²) in [5.41, 5.74) is 0. The summed E-state index contributed by atoms with van der Waals surface area (Å²) in [6, 6.07) is 0. The van der Waals surface area contributed by atoms with Crippen LogP contribution in [0.3, 0.4) is 0 Å². The van der Waals surface area contributed by atoms with Crippen LogP contribution in [0.1, 0.15) is 0 Å². The summed E-state index contributed by atoms with van der Waals surface area (Å²) in [5.74, 6) is -8.00. The van der Waals surface area contributed by atoms with Crippen LogP contribution in [-0.2, 0) is 9.05 Å². The zero-order chi connectivity index (χ0) is 12.0. The first-order valence-electron chi connectivity index (χ1n) is 3.14. The van der Waals surface area contributed by atoms with Gasteiger partial charge >= 0.3 is 0 Å². The molecule has 0 heterocycles. The summed E-state index contributed by atoms with van der Waals surface area (Å²) in [7, 11) is -0.193. The lowest BCUT2D eigenvalue weighted by Crippen LogP contribution is -2.06. The lowest BCUT2D eigenvalue weighted by atomic mass is 10.3. The molecule has 0 atom stereocenters. The lowest BCUT2D eigenvalue weighted by molar-refractivity contribution is 0.407. The first kappa shape index (κ1) is 12.7. The summed E-state index contributed by atoms with van der Waals surface area (Å²) in [4.78, 5) is -1.73. The molecule has 0 saturated heterocycles. The van der Waals surface area contributed by atoms with Gasteiger partial charge in [0.15, 0.2) is 28.2 Å². The molecule has 0 aliphatic carbocycles. The van der Waals surface area contributed by atoms with E-state index in [1.807, 2.05) is 0 Å². The molecule has 0 aromatic heterocycles. The number of hydrogen-bond acceptors (Lipinski definition) is 2. The molecule has 0 aliphatic rings. The predicted octanol–water partition coefficient (Wildman–Crippen LogP) is 2.93. The second-order valence-electron chi connectivity index (χ2n) is 2.34. The van der Waals surface area contributed by atoms with E-state index in [4.69, 9.17) is 0 Å². The van der Waals surface area contributed by atoms with Crippen LogP contribution in [-0.4, -0.2) is 8.42 Å². The van der Waals surface area contributed by atoms with Crippen molar-refractivity contribution < 1.29 is 26.0 Å². The maximum atomic E-state index is 13.0. The van der Waals surface area contributed by atoms with E-state index < -0.39 is 41.7 Å². The second kappa shape index (κ2) is 3.91. The van der Waals surface area contributed by atoms with Crippen molar-refractivity contribution >= 4 is 35.7 Å². The number of hydrogen-bond donors (Lipinski definition) is 0. The summed E-state index contributed by atoms with van der Waals surface area (Å²) in [5, 5.41) is 0. The van der Waals surface area contributed by atoms with E-state index in [0.717, 1.165) is 0 Å². The van der Waals surface area contributed by atoms with Gasteiger partial charge in [-0.05, 0) is 15.9 Å². The second-order valence-corrected chi connectivity index (χ2v) is 5.63. The zero-order valence-corrected chi connectivity index (χ0v) is 9.65. The molecule has 15 heavy (non-hydrogen) atoms. The highest BCUT2D eigenvalue weighted by Crippen LogP contribution is 2.32. The van der Waals surface area contributed by atoms with Crippen molar-refractivity contribution in [3.8, 4) is 0 Å². The molecule has 0 radical (unpaired) electrons. The molecule has 84 valence electrons. The molecule has 0 amide bonds. The topological polar surface area (TPSA) is 34.1 Å². The van der Waals surface area contributed by atoms with E-state index in [9.17, 15) is 26.0 Å². The van der Waals surface area contributed by atoms with Gasteiger partial charge in [0.1, 0.15) is 0 Å². The van der Waals surface area contributed by atoms with E-state index in [2.05, 4.69) is 26.6 Å². The summed E-state index contributed by atoms with van der Waals surface area (Å²) in [6.07, 6.45) is 0. The molecular weight excluding hydrogens is 327 g/mol. The predicted molar refractivity (Wildman–Crippen MR) is 47.0 cm³/mol. The van der Waals surface area contributed by atoms with Crippen LogP contribution in [0, 0.1) is 23.3 Å². The van der Waals surface area contributed by atoms with Gasteiger partial charge in [0, 0.05) is 10.7 Å². The molecule has 1 rings (SSSR count). The van der Waals surface area contributed by atoms with E-state index in [-0.39, 0.29) is 0 Å². The van der Waals surface area contributed by atoms with Crippen molar-refractivity contribution in [3.05, 3.63) is 27.7 Å². The van der Waals surface area contributed by atoms with E-state index in [0.29, 0.717) is 0 Å². The Morgan fingerprint density at radius 3 is 1.80 bits per heavy atom. The maximum absolute atomic E-state index is 13.0. The quantitative estimate of drug-likeness (QED) is 0.344. The van der Waals surface area contributed by atoms with Crippen molar-refractivity contribution in [2.45, 2.75) is 4.90 Å². The third-order valence-electron chi connectivity index (χ3n) is 1.41. The minimum Gasteiger partial charge on any atom is -0.207 e. The molecular formula is C6BrClF4O2S. The van der Waals surface area contributed by atoms with Crippen LogP contribution in [0.5, 0.6) is 0 Å². The fourth-order valence-electron chi connectivity index (χ4n) is 0.799. The van der Waals surface area contributed by atoms with E-state index >= 15 is 0 Å². The van der Waals surface area contributed by atoms with Gasteiger partial charge in [-0.2, -0.15) is 0 Å². The van der Waals surface area contributed by atoms with Gasteiger partial charge in [0.05, 0.1) is 4.47 Å². The molecule has 0 spiro atoms. The van der Waals surface area contributed by atoms with Crippen LogP contribution in [0.2, 0.25) is 0 Å². The largest absolute Gasteiger partial charge is 0.267 e. The first-order chi connectivity index (χ1) is 6.68. The minimum atomic E-state index is -4.84.